The molecular formula is C23H23NO2. The molecule has 2 atom stereocenters. The number of piperidine rings is 1. The van der Waals surface area contributed by atoms with Gasteiger partial charge in [-0.25, -0.2) is 0 Å². The second-order valence-corrected chi connectivity index (χ2v) is 7.89. The number of carbonyl (C=O) groups excluding carboxylic acids is 2. The highest BCUT2D eigenvalue weighted by Gasteiger charge is 2.36. The van der Waals surface area contributed by atoms with Crippen LogP contribution in [0, 0.1) is 5.92 Å². The average molecular weight is 345 g/mol. The normalized spacial score (nSPS) is 24.0. The Morgan fingerprint density at radius 3 is 2.46 bits per heavy atom. The second kappa shape index (κ2) is 6.08. The van der Waals surface area contributed by atoms with E-state index in [1.54, 1.807) is 0 Å². The van der Waals surface area contributed by atoms with Crippen LogP contribution in [0.15, 0.2) is 42.5 Å². The van der Waals surface area contributed by atoms with Crippen molar-refractivity contribution < 1.29 is 9.59 Å². The molecule has 2 aromatic carbocycles. The first-order valence-corrected chi connectivity index (χ1v) is 9.83. The van der Waals surface area contributed by atoms with Gasteiger partial charge in [-0.15, -0.1) is 0 Å². The summed E-state index contributed by atoms with van der Waals surface area (Å²) in [5.41, 5.74) is 4.02. The van der Waals surface area contributed by atoms with E-state index in [2.05, 4.69) is 4.90 Å². The third-order valence-electron chi connectivity index (χ3n) is 6.48. The number of rotatable bonds is 1. The number of hydrogen-bond donors (Lipinski definition) is 0. The van der Waals surface area contributed by atoms with Gasteiger partial charge in [0.25, 0.3) is 5.91 Å². The van der Waals surface area contributed by atoms with Crippen LogP contribution in [0.2, 0.25) is 0 Å². The van der Waals surface area contributed by atoms with Gasteiger partial charge in [0.05, 0.1) is 0 Å². The molecular weight excluding hydrogens is 322 g/mol. The maximum atomic E-state index is 13.2. The standard InChI is InChI=1S/C23H23NO2/c25-22-19-9-3-2-8-17(19)18-12-11-16(14-20(18)22)23(26)24-13-5-7-15-6-1-4-10-21(15)24/h2-3,8-9,11-12,14-15,21H,1,4-7,10,13H2. The van der Waals surface area contributed by atoms with Gasteiger partial charge >= 0.3 is 0 Å². The third kappa shape index (κ3) is 2.33. The maximum absolute atomic E-state index is 13.2. The molecule has 1 amide bonds. The summed E-state index contributed by atoms with van der Waals surface area (Å²) < 4.78 is 0. The number of carbonyl (C=O) groups is 2. The number of fused-ring (bicyclic) bond motifs is 4. The van der Waals surface area contributed by atoms with Gasteiger partial charge < -0.3 is 4.90 Å². The van der Waals surface area contributed by atoms with Crippen molar-refractivity contribution in [3.8, 4) is 11.1 Å². The van der Waals surface area contributed by atoms with Crippen molar-refractivity contribution in [3.63, 3.8) is 0 Å². The zero-order valence-corrected chi connectivity index (χ0v) is 14.9. The van der Waals surface area contributed by atoms with Crippen LogP contribution >= 0.6 is 0 Å². The van der Waals surface area contributed by atoms with Gasteiger partial charge in [0.1, 0.15) is 0 Å². The van der Waals surface area contributed by atoms with E-state index < -0.39 is 0 Å². The highest BCUT2D eigenvalue weighted by molar-refractivity contribution is 6.22. The van der Waals surface area contributed by atoms with Crippen molar-refractivity contribution in [2.24, 2.45) is 5.92 Å². The smallest absolute Gasteiger partial charge is 0.254 e. The second-order valence-electron chi connectivity index (χ2n) is 7.89. The average Bonchev–Trinajstić information content (AvgIpc) is 2.99. The van der Waals surface area contributed by atoms with Crippen molar-refractivity contribution in [1.29, 1.82) is 0 Å². The van der Waals surface area contributed by atoms with Crippen LogP contribution in [0.3, 0.4) is 0 Å². The summed E-state index contributed by atoms with van der Waals surface area (Å²) in [6, 6.07) is 13.8. The molecule has 3 heteroatoms. The van der Waals surface area contributed by atoms with Gasteiger partial charge in [-0.05, 0) is 54.9 Å². The van der Waals surface area contributed by atoms with Crippen molar-refractivity contribution in [2.75, 3.05) is 6.54 Å². The Bertz CT molecular complexity index is 899. The number of hydrogen-bond acceptors (Lipinski definition) is 2. The van der Waals surface area contributed by atoms with E-state index in [1.165, 1.54) is 25.7 Å². The predicted octanol–water partition coefficient (Wildman–Crippen LogP) is 4.69. The van der Waals surface area contributed by atoms with Crippen LogP contribution in [-0.2, 0) is 0 Å². The summed E-state index contributed by atoms with van der Waals surface area (Å²) in [6.45, 7) is 0.852. The Kier molecular flexibility index (Phi) is 3.70. The minimum Gasteiger partial charge on any atom is -0.335 e. The van der Waals surface area contributed by atoms with Crippen LogP contribution in [-0.4, -0.2) is 29.2 Å². The van der Waals surface area contributed by atoms with Gasteiger partial charge in [0, 0.05) is 29.3 Å². The first-order chi connectivity index (χ1) is 12.7. The Labute approximate surface area is 154 Å². The molecule has 2 aliphatic carbocycles. The van der Waals surface area contributed by atoms with E-state index in [1.807, 2.05) is 42.5 Å². The van der Waals surface area contributed by atoms with Crippen LogP contribution in [0.4, 0.5) is 0 Å². The quantitative estimate of drug-likeness (QED) is 0.641. The van der Waals surface area contributed by atoms with Crippen molar-refractivity contribution in [3.05, 3.63) is 59.2 Å². The molecule has 0 radical (unpaired) electrons. The maximum Gasteiger partial charge on any atom is 0.254 e. The van der Waals surface area contributed by atoms with Crippen LogP contribution in [0.1, 0.15) is 64.8 Å². The molecule has 1 saturated heterocycles. The fraction of sp³-hybridized carbons (Fsp3) is 0.391. The molecule has 2 aromatic rings. The summed E-state index contributed by atoms with van der Waals surface area (Å²) in [5, 5.41) is 0. The topological polar surface area (TPSA) is 37.4 Å². The first-order valence-electron chi connectivity index (χ1n) is 9.83. The molecule has 3 aliphatic rings. The summed E-state index contributed by atoms with van der Waals surface area (Å²) in [6.07, 6.45) is 7.27. The Balaban J connectivity index is 1.48. The molecule has 5 rings (SSSR count). The summed E-state index contributed by atoms with van der Waals surface area (Å²) in [7, 11) is 0. The van der Waals surface area contributed by atoms with E-state index in [0.29, 0.717) is 23.1 Å². The number of ketones is 1. The van der Waals surface area contributed by atoms with Crippen molar-refractivity contribution in [2.45, 2.75) is 44.6 Å². The molecule has 1 saturated carbocycles. The lowest BCUT2D eigenvalue weighted by molar-refractivity contribution is 0.0390. The molecule has 2 unspecified atom stereocenters. The third-order valence-corrected chi connectivity index (χ3v) is 6.48. The SMILES string of the molecule is O=C1c2ccccc2-c2ccc(C(=O)N3CCCC4CCCCC43)cc21. The van der Waals surface area contributed by atoms with E-state index in [9.17, 15) is 9.59 Å². The van der Waals surface area contributed by atoms with Crippen molar-refractivity contribution >= 4 is 11.7 Å². The molecule has 0 bridgehead atoms. The predicted molar refractivity (Wildman–Crippen MR) is 101 cm³/mol. The van der Waals surface area contributed by atoms with Crippen LogP contribution in [0.5, 0.6) is 0 Å². The minimum absolute atomic E-state index is 0.0411. The fourth-order valence-electron chi connectivity index (χ4n) is 5.20. The Hall–Kier alpha value is -2.42. The van der Waals surface area contributed by atoms with Gasteiger partial charge in [0.2, 0.25) is 0 Å². The van der Waals surface area contributed by atoms with Crippen molar-refractivity contribution in [1.82, 2.24) is 4.90 Å². The largest absolute Gasteiger partial charge is 0.335 e. The number of likely N-dealkylation sites (tertiary alicyclic amines) is 1. The lowest BCUT2D eigenvalue weighted by Crippen LogP contribution is -2.49. The lowest BCUT2D eigenvalue weighted by Gasteiger charge is -2.44. The molecule has 0 aromatic heterocycles. The molecule has 0 N–H and O–H groups in total. The highest BCUT2D eigenvalue weighted by Crippen LogP contribution is 2.38. The van der Waals surface area contributed by atoms with E-state index in [0.717, 1.165) is 36.1 Å². The Morgan fingerprint density at radius 1 is 0.846 bits per heavy atom. The zero-order chi connectivity index (χ0) is 17.7. The summed E-state index contributed by atoms with van der Waals surface area (Å²) in [5.74, 6) is 0.814. The van der Waals surface area contributed by atoms with E-state index in [-0.39, 0.29) is 11.7 Å². The molecule has 2 fully saturated rings. The van der Waals surface area contributed by atoms with Gasteiger partial charge in [-0.2, -0.15) is 0 Å². The van der Waals surface area contributed by atoms with Gasteiger partial charge in [-0.3, -0.25) is 9.59 Å². The first kappa shape index (κ1) is 15.8. The molecule has 132 valence electrons. The lowest BCUT2D eigenvalue weighted by atomic mass is 9.78. The van der Waals surface area contributed by atoms with Crippen LogP contribution < -0.4 is 0 Å². The number of amides is 1. The van der Waals surface area contributed by atoms with Crippen LogP contribution in [0.25, 0.3) is 11.1 Å². The van der Waals surface area contributed by atoms with E-state index >= 15 is 0 Å². The van der Waals surface area contributed by atoms with E-state index in [4.69, 9.17) is 0 Å². The fourth-order valence-corrected chi connectivity index (χ4v) is 5.20. The zero-order valence-electron chi connectivity index (χ0n) is 14.9. The molecule has 1 heterocycles. The number of nitrogens with zero attached hydrogens (tertiary/aromatic N) is 1. The van der Waals surface area contributed by atoms with Gasteiger partial charge in [0.15, 0.2) is 5.78 Å². The summed E-state index contributed by atoms with van der Waals surface area (Å²) >= 11 is 0. The summed E-state index contributed by atoms with van der Waals surface area (Å²) in [4.78, 5) is 28.1. The molecule has 0 spiro atoms. The minimum atomic E-state index is 0.0411. The Morgan fingerprint density at radius 2 is 1.58 bits per heavy atom. The highest BCUT2D eigenvalue weighted by atomic mass is 16.2. The molecule has 1 aliphatic heterocycles. The van der Waals surface area contributed by atoms with Gasteiger partial charge in [-0.1, -0.05) is 43.2 Å². The monoisotopic (exact) mass is 345 g/mol. The molecule has 3 nitrogen and oxygen atoms in total. The molecule has 26 heavy (non-hydrogen) atoms. The number of benzene rings is 2.